The normalized spacial score (nSPS) is 13.2. The van der Waals surface area contributed by atoms with Gasteiger partial charge in [0.1, 0.15) is 17.7 Å². The largest absolute Gasteiger partial charge is 0.322 e. The van der Waals surface area contributed by atoms with Gasteiger partial charge in [0.25, 0.3) is 11.5 Å². The molecule has 0 atom stereocenters. The van der Waals surface area contributed by atoms with E-state index in [1.165, 1.54) is 12.1 Å². The maximum absolute atomic E-state index is 14.2. The Morgan fingerprint density at radius 3 is 2.66 bits per heavy atom. The lowest BCUT2D eigenvalue weighted by molar-refractivity contribution is 0.102. The highest BCUT2D eigenvalue weighted by molar-refractivity contribution is 6.04. The van der Waals surface area contributed by atoms with Crippen molar-refractivity contribution >= 4 is 11.6 Å². The van der Waals surface area contributed by atoms with Crippen molar-refractivity contribution in [2.24, 2.45) is 13.0 Å². The number of halogens is 1. The van der Waals surface area contributed by atoms with Crippen LogP contribution in [0.25, 0.3) is 22.5 Å². The summed E-state index contributed by atoms with van der Waals surface area (Å²) in [5.74, 6) is 0.179. The molecular formula is C29H31FN6O2. The van der Waals surface area contributed by atoms with Crippen molar-refractivity contribution in [2.45, 2.75) is 39.3 Å². The molecule has 8 nitrogen and oxygen atoms in total. The van der Waals surface area contributed by atoms with Crippen molar-refractivity contribution < 1.29 is 9.18 Å². The van der Waals surface area contributed by atoms with Gasteiger partial charge in [-0.15, -0.1) is 10.2 Å². The Morgan fingerprint density at radius 1 is 1.13 bits per heavy atom. The molecule has 1 aliphatic carbocycles. The van der Waals surface area contributed by atoms with E-state index >= 15 is 0 Å². The van der Waals surface area contributed by atoms with Crippen LogP contribution in [0.3, 0.4) is 0 Å². The predicted molar refractivity (Wildman–Crippen MR) is 145 cm³/mol. The zero-order valence-electron chi connectivity index (χ0n) is 21.7. The summed E-state index contributed by atoms with van der Waals surface area (Å²) in [5.41, 5.74) is 3.36. The lowest BCUT2D eigenvalue weighted by Crippen LogP contribution is -2.30. The first-order valence-electron chi connectivity index (χ1n) is 12.8. The third-order valence-corrected chi connectivity index (χ3v) is 6.53. The first-order valence-corrected chi connectivity index (χ1v) is 12.8. The maximum Gasteiger partial charge on any atom is 0.263 e. The smallest absolute Gasteiger partial charge is 0.263 e. The topological polar surface area (TPSA) is 93.8 Å². The van der Waals surface area contributed by atoms with Crippen LogP contribution in [0.1, 0.15) is 48.7 Å². The van der Waals surface area contributed by atoms with Crippen LogP contribution in [-0.4, -0.2) is 31.8 Å². The summed E-state index contributed by atoms with van der Waals surface area (Å²) in [5, 5.41) is 14.3. The SMILES string of the molecule is CC(C)CNCc1cc(C(=O)Nc2cccc(-c3ccc(F)cc3-c3nncn3C)c2)c(=O)n(C2CC2)c1. The molecule has 0 bridgehead atoms. The molecule has 0 radical (unpaired) electrons. The number of pyridine rings is 1. The molecule has 38 heavy (non-hydrogen) atoms. The predicted octanol–water partition coefficient (Wildman–Crippen LogP) is 4.78. The molecule has 2 heterocycles. The molecule has 1 aliphatic rings. The van der Waals surface area contributed by atoms with E-state index in [1.807, 2.05) is 18.3 Å². The third-order valence-electron chi connectivity index (χ3n) is 6.53. The fourth-order valence-corrected chi connectivity index (χ4v) is 4.49. The molecule has 0 unspecified atom stereocenters. The number of aryl methyl sites for hydroxylation is 1. The number of anilines is 1. The van der Waals surface area contributed by atoms with Gasteiger partial charge < -0.3 is 19.8 Å². The van der Waals surface area contributed by atoms with Crippen LogP contribution < -0.4 is 16.2 Å². The Labute approximate surface area is 220 Å². The number of rotatable bonds is 9. The number of hydrogen-bond acceptors (Lipinski definition) is 5. The van der Waals surface area contributed by atoms with Crippen LogP contribution in [0.5, 0.6) is 0 Å². The lowest BCUT2D eigenvalue weighted by Gasteiger charge is -2.14. The van der Waals surface area contributed by atoms with Gasteiger partial charge in [-0.3, -0.25) is 9.59 Å². The van der Waals surface area contributed by atoms with E-state index in [9.17, 15) is 14.0 Å². The second-order valence-electron chi connectivity index (χ2n) is 10.2. The van der Waals surface area contributed by atoms with Crippen LogP contribution in [0.4, 0.5) is 10.1 Å². The Bertz CT molecular complexity index is 1540. The van der Waals surface area contributed by atoms with E-state index in [4.69, 9.17) is 0 Å². The average Bonchev–Trinajstić information content (AvgIpc) is 3.64. The number of nitrogens with zero attached hydrogens (tertiary/aromatic N) is 4. The molecule has 0 aliphatic heterocycles. The highest BCUT2D eigenvalue weighted by Gasteiger charge is 2.27. The zero-order chi connectivity index (χ0) is 26.8. The molecule has 5 rings (SSSR count). The van der Waals surface area contributed by atoms with Gasteiger partial charge >= 0.3 is 0 Å². The first kappa shape index (κ1) is 25.5. The van der Waals surface area contributed by atoms with Gasteiger partial charge in [0.2, 0.25) is 0 Å². The fraction of sp³-hybridized carbons (Fsp3) is 0.310. The number of amides is 1. The summed E-state index contributed by atoms with van der Waals surface area (Å²) in [4.78, 5) is 26.5. The third kappa shape index (κ3) is 5.57. The first-order chi connectivity index (χ1) is 18.3. The minimum atomic E-state index is -0.458. The molecule has 2 aromatic heterocycles. The summed E-state index contributed by atoms with van der Waals surface area (Å²) in [6, 6.07) is 13.6. The minimum absolute atomic E-state index is 0.118. The van der Waals surface area contributed by atoms with Crippen LogP contribution in [-0.2, 0) is 13.6 Å². The van der Waals surface area contributed by atoms with Crippen LogP contribution in [0.2, 0.25) is 0 Å². The molecule has 1 fully saturated rings. The average molecular weight is 515 g/mol. The summed E-state index contributed by atoms with van der Waals surface area (Å²) in [6.07, 6.45) is 5.31. The van der Waals surface area contributed by atoms with Crippen LogP contribution >= 0.6 is 0 Å². The van der Waals surface area contributed by atoms with Gasteiger partial charge in [0.05, 0.1) is 0 Å². The van der Waals surface area contributed by atoms with Gasteiger partial charge in [-0.05, 0) is 72.3 Å². The molecule has 1 amide bonds. The molecule has 0 saturated heterocycles. The molecule has 2 N–H and O–H groups in total. The number of aromatic nitrogens is 4. The van der Waals surface area contributed by atoms with Crippen molar-refractivity contribution in [3.8, 4) is 22.5 Å². The standard InChI is InChI=1S/C29H31FN6O2/c1-18(2)14-31-15-19-11-26(29(38)36(16-19)23-8-9-23)28(37)33-22-6-4-5-20(12-22)24-10-7-21(30)13-25(24)27-34-32-17-35(27)3/h4-7,10-13,16-18,23,31H,8-9,14-15H2,1-3H3,(H,33,37). The summed E-state index contributed by atoms with van der Waals surface area (Å²) in [6.45, 7) is 5.69. The summed E-state index contributed by atoms with van der Waals surface area (Å²) >= 11 is 0. The van der Waals surface area contributed by atoms with Gasteiger partial charge in [0.15, 0.2) is 5.82 Å². The Balaban J connectivity index is 1.44. The molecule has 1 saturated carbocycles. The molecule has 4 aromatic rings. The molecular weight excluding hydrogens is 483 g/mol. The van der Waals surface area contributed by atoms with Crippen LogP contribution in [0, 0.1) is 11.7 Å². The van der Waals surface area contributed by atoms with Crippen molar-refractivity contribution in [3.63, 3.8) is 0 Å². The maximum atomic E-state index is 14.2. The Morgan fingerprint density at radius 2 is 1.95 bits per heavy atom. The zero-order valence-corrected chi connectivity index (χ0v) is 21.7. The van der Waals surface area contributed by atoms with E-state index in [0.29, 0.717) is 29.5 Å². The van der Waals surface area contributed by atoms with Crippen molar-refractivity contribution in [1.82, 2.24) is 24.6 Å². The molecule has 9 heteroatoms. The Kier molecular flexibility index (Phi) is 7.20. The van der Waals surface area contributed by atoms with E-state index < -0.39 is 5.91 Å². The molecule has 2 aromatic carbocycles. The number of benzene rings is 2. The number of hydrogen-bond donors (Lipinski definition) is 2. The van der Waals surface area contributed by atoms with Gasteiger partial charge in [0, 0.05) is 37.1 Å². The highest BCUT2D eigenvalue weighted by atomic mass is 19.1. The van der Waals surface area contributed by atoms with Crippen molar-refractivity contribution in [3.05, 3.63) is 88.4 Å². The van der Waals surface area contributed by atoms with Crippen LogP contribution in [0.15, 0.2) is 65.8 Å². The minimum Gasteiger partial charge on any atom is -0.322 e. The second-order valence-corrected chi connectivity index (χ2v) is 10.2. The molecule has 196 valence electrons. The van der Waals surface area contributed by atoms with Crippen molar-refractivity contribution in [2.75, 3.05) is 11.9 Å². The Hall–Kier alpha value is -4.11. The summed E-state index contributed by atoms with van der Waals surface area (Å²) in [7, 11) is 1.79. The second kappa shape index (κ2) is 10.7. The van der Waals surface area contributed by atoms with E-state index in [2.05, 4.69) is 34.7 Å². The van der Waals surface area contributed by atoms with E-state index in [0.717, 1.165) is 36.1 Å². The number of nitrogens with one attached hydrogen (secondary N) is 2. The lowest BCUT2D eigenvalue weighted by atomic mass is 9.98. The fourth-order valence-electron chi connectivity index (χ4n) is 4.49. The van der Waals surface area contributed by atoms with Gasteiger partial charge in [-0.25, -0.2) is 4.39 Å². The highest BCUT2D eigenvalue weighted by Crippen LogP contribution is 2.34. The quantitative estimate of drug-likeness (QED) is 0.335. The molecule has 0 spiro atoms. The number of carbonyl (C=O) groups is 1. The van der Waals surface area contributed by atoms with Gasteiger partial charge in [-0.2, -0.15) is 0 Å². The van der Waals surface area contributed by atoms with E-state index in [1.54, 1.807) is 46.8 Å². The van der Waals surface area contributed by atoms with E-state index in [-0.39, 0.29) is 23.0 Å². The summed E-state index contributed by atoms with van der Waals surface area (Å²) < 4.78 is 17.6. The van der Waals surface area contributed by atoms with Gasteiger partial charge in [-0.1, -0.05) is 32.0 Å². The number of carbonyl (C=O) groups excluding carboxylic acids is 1. The van der Waals surface area contributed by atoms with Crippen molar-refractivity contribution in [1.29, 1.82) is 0 Å². The monoisotopic (exact) mass is 514 g/mol.